The monoisotopic (exact) mass is 160 g/mol. The third kappa shape index (κ3) is 0.961. The second-order valence-corrected chi connectivity index (χ2v) is 2.95. The summed E-state index contributed by atoms with van der Waals surface area (Å²) in [6.07, 6.45) is 2.07. The van der Waals surface area contributed by atoms with Crippen molar-refractivity contribution < 1.29 is 0 Å². The van der Waals surface area contributed by atoms with Crippen LogP contribution in [0.1, 0.15) is 0 Å². The predicted octanol–water partition coefficient (Wildman–Crippen LogP) is 2.22. The molecule has 1 N–H and O–H groups in total. The highest BCUT2D eigenvalue weighted by atomic mass is 14.9. The van der Waals surface area contributed by atoms with Crippen molar-refractivity contribution in [3.63, 3.8) is 0 Å². The van der Waals surface area contributed by atoms with Crippen LogP contribution in [0, 0.1) is 0 Å². The van der Waals surface area contributed by atoms with Crippen LogP contribution in [0.4, 0.5) is 5.69 Å². The van der Waals surface area contributed by atoms with Gasteiger partial charge in [0.25, 0.3) is 0 Å². The molecular weight excluding hydrogens is 148 g/mol. The Hall–Kier alpha value is -1.44. The van der Waals surface area contributed by atoms with Gasteiger partial charge in [0.05, 0.1) is 0 Å². The van der Waals surface area contributed by atoms with E-state index >= 15 is 0 Å². The third-order valence-electron chi connectivity index (χ3n) is 2.17. The minimum atomic E-state index is 1.16. The van der Waals surface area contributed by atoms with E-state index in [-0.39, 0.29) is 0 Å². The van der Waals surface area contributed by atoms with Crippen molar-refractivity contribution in [2.45, 2.75) is 0 Å². The molecule has 2 nitrogen and oxygen atoms in total. The van der Waals surface area contributed by atoms with E-state index in [4.69, 9.17) is 0 Å². The zero-order valence-corrected chi connectivity index (χ0v) is 7.33. The number of benzene rings is 1. The Morgan fingerprint density at radius 1 is 1.25 bits per heavy atom. The molecule has 12 heavy (non-hydrogen) atoms. The fourth-order valence-corrected chi connectivity index (χ4v) is 1.44. The predicted molar refractivity (Wildman–Crippen MR) is 52.5 cm³/mol. The van der Waals surface area contributed by atoms with E-state index in [0.29, 0.717) is 0 Å². The number of hydrogen-bond acceptors (Lipinski definition) is 1. The Labute approximate surface area is 71.8 Å². The van der Waals surface area contributed by atoms with Gasteiger partial charge in [-0.1, -0.05) is 0 Å². The van der Waals surface area contributed by atoms with E-state index in [2.05, 4.69) is 47.4 Å². The Kier molecular flexibility index (Phi) is 1.54. The quantitative estimate of drug-likeness (QED) is 0.676. The molecule has 0 unspecified atom stereocenters. The highest BCUT2D eigenvalue weighted by Gasteiger charge is 1.96. The van der Waals surface area contributed by atoms with Crippen LogP contribution in [0.5, 0.6) is 0 Å². The zero-order valence-electron chi connectivity index (χ0n) is 7.33. The van der Waals surface area contributed by atoms with Crippen LogP contribution >= 0.6 is 0 Å². The Balaban J connectivity index is 2.69. The molecular formula is C10H12N2. The number of rotatable bonds is 1. The first kappa shape index (κ1) is 7.22. The lowest BCUT2D eigenvalue weighted by atomic mass is 10.2. The minimum Gasteiger partial charge on any atom is -0.388 e. The number of hydrogen-bond donors (Lipinski definition) is 1. The molecule has 0 aliphatic rings. The molecule has 0 radical (unpaired) electrons. The molecule has 0 saturated heterocycles. The van der Waals surface area contributed by atoms with E-state index in [1.54, 1.807) is 0 Å². The molecule has 2 rings (SSSR count). The van der Waals surface area contributed by atoms with Crippen LogP contribution in [-0.2, 0) is 7.05 Å². The van der Waals surface area contributed by atoms with Gasteiger partial charge in [-0.15, -0.1) is 0 Å². The van der Waals surface area contributed by atoms with Gasteiger partial charge in [0, 0.05) is 36.9 Å². The second kappa shape index (κ2) is 2.55. The lowest BCUT2D eigenvalue weighted by Crippen LogP contribution is -1.87. The molecule has 0 amide bonds. The molecule has 0 bridgehead atoms. The van der Waals surface area contributed by atoms with E-state index in [9.17, 15) is 0 Å². The average molecular weight is 160 g/mol. The Morgan fingerprint density at radius 2 is 2.08 bits per heavy atom. The third-order valence-corrected chi connectivity index (χ3v) is 2.17. The van der Waals surface area contributed by atoms with Gasteiger partial charge < -0.3 is 9.88 Å². The van der Waals surface area contributed by atoms with Crippen LogP contribution in [0.25, 0.3) is 10.9 Å². The van der Waals surface area contributed by atoms with Crippen molar-refractivity contribution in [1.82, 2.24) is 4.57 Å². The van der Waals surface area contributed by atoms with Crippen molar-refractivity contribution >= 4 is 16.6 Å². The molecule has 1 aromatic heterocycles. The van der Waals surface area contributed by atoms with E-state index < -0.39 is 0 Å². The van der Waals surface area contributed by atoms with Gasteiger partial charge in [0.2, 0.25) is 0 Å². The molecule has 1 heterocycles. The van der Waals surface area contributed by atoms with Crippen molar-refractivity contribution in [2.24, 2.45) is 7.05 Å². The first-order valence-corrected chi connectivity index (χ1v) is 4.04. The topological polar surface area (TPSA) is 17.0 Å². The number of nitrogens with zero attached hydrogens (tertiary/aromatic N) is 1. The minimum absolute atomic E-state index is 1.16. The van der Waals surface area contributed by atoms with Crippen LogP contribution in [0.2, 0.25) is 0 Å². The van der Waals surface area contributed by atoms with Gasteiger partial charge in [-0.2, -0.15) is 0 Å². The normalized spacial score (nSPS) is 10.5. The van der Waals surface area contributed by atoms with Crippen molar-refractivity contribution in [2.75, 3.05) is 12.4 Å². The maximum Gasteiger partial charge on any atom is 0.0479 e. The van der Waals surface area contributed by atoms with E-state index in [0.717, 1.165) is 5.69 Å². The van der Waals surface area contributed by atoms with Crippen LogP contribution in [-0.4, -0.2) is 11.6 Å². The largest absolute Gasteiger partial charge is 0.388 e. The molecule has 1 aromatic carbocycles. The molecule has 0 aliphatic heterocycles. The van der Waals surface area contributed by atoms with Gasteiger partial charge >= 0.3 is 0 Å². The summed E-state index contributed by atoms with van der Waals surface area (Å²) in [6.45, 7) is 0. The highest BCUT2D eigenvalue weighted by Crippen LogP contribution is 2.18. The van der Waals surface area contributed by atoms with Crippen molar-refractivity contribution in [3.8, 4) is 0 Å². The summed E-state index contributed by atoms with van der Waals surface area (Å²) in [5, 5.41) is 4.40. The van der Waals surface area contributed by atoms with Crippen LogP contribution in [0.15, 0.2) is 30.5 Å². The van der Waals surface area contributed by atoms with E-state index in [1.807, 2.05) is 7.05 Å². The number of aryl methyl sites for hydroxylation is 1. The summed E-state index contributed by atoms with van der Waals surface area (Å²) >= 11 is 0. The summed E-state index contributed by atoms with van der Waals surface area (Å²) in [5.41, 5.74) is 2.43. The van der Waals surface area contributed by atoms with Crippen molar-refractivity contribution in [1.29, 1.82) is 0 Å². The van der Waals surface area contributed by atoms with Gasteiger partial charge in [-0.05, 0) is 24.3 Å². The summed E-state index contributed by atoms with van der Waals surface area (Å²) < 4.78 is 2.12. The lowest BCUT2D eigenvalue weighted by molar-refractivity contribution is 0.969. The molecule has 0 atom stereocenters. The molecule has 2 aromatic rings. The number of nitrogens with one attached hydrogen (secondary N) is 1. The summed E-state index contributed by atoms with van der Waals surface area (Å²) in [7, 11) is 3.99. The Morgan fingerprint density at radius 3 is 2.83 bits per heavy atom. The lowest BCUT2D eigenvalue weighted by Gasteiger charge is -2.00. The van der Waals surface area contributed by atoms with E-state index in [1.165, 1.54) is 10.9 Å². The fourth-order valence-electron chi connectivity index (χ4n) is 1.44. The summed E-state index contributed by atoms with van der Waals surface area (Å²) in [6, 6.07) is 8.48. The molecule has 2 heteroatoms. The maximum atomic E-state index is 3.12. The SMILES string of the molecule is CNc1ccc2c(ccn2C)c1. The smallest absolute Gasteiger partial charge is 0.0479 e. The van der Waals surface area contributed by atoms with Gasteiger partial charge in [0.1, 0.15) is 0 Å². The van der Waals surface area contributed by atoms with Gasteiger partial charge in [0.15, 0.2) is 0 Å². The summed E-state index contributed by atoms with van der Waals surface area (Å²) in [4.78, 5) is 0. The molecule has 0 aliphatic carbocycles. The van der Waals surface area contributed by atoms with Crippen LogP contribution < -0.4 is 5.32 Å². The molecule has 0 fully saturated rings. The van der Waals surface area contributed by atoms with Gasteiger partial charge in [-0.25, -0.2) is 0 Å². The van der Waals surface area contributed by atoms with Gasteiger partial charge in [-0.3, -0.25) is 0 Å². The molecule has 62 valence electrons. The number of aromatic nitrogens is 1. The maximum absolute atomic E-state index is 3.12. The molecule has 0 saturated carbocycles. The van der Waals surface area contributed by atoms with Crippen molar-refractivity contribution in [3.05, 3.63) is 30.5 Å². The first-order valence-electron chi connectivity index (χ1n) is 4.04. The van der Waals surface area contributed by atoms with Crippen LogP contribution in [0.3, 0.4) is 0 Å². The number of fused-ring (bicyclic) bond motifs is 1. The summed E-state index contributed by atoms with van der Waals surface area (Å²) in [5.74, 6) is 0. The first-order chi connectivity index (χ1) is 5.81. The zero-order chi connectivity index (χ0) is 8.55. The standard InChI is InChI=1S/C10H12N2/c1-11-9-3-4-10-8(7-9)5-6-12(10)2/h3-7,11H,1-2H3. The highest BCUT2D eigenvalue weighted by molar-refractivity contribution is 5.83. The average Bonchev–Trinajstić information content (AvgIpc) is 2.47. The Bertz CT molecular complexity index is 401. The fraction of sp³-hybridized carbons (Fsp3) is 0.200. The molecule has 0 spiro atoms. The second-order valence-electron chi connectivity index (χ2n) is 2.95. The number of anilines is 1.